The lowest BCUT2D eigenvalue weighted by Crippen LogP contribution is -2.25. The first-order valence-electron chi connectivity index (χ1n) is 7.26. The SMILES string of the molecule is O=C(NCCc1ccc(F)cc1)c1cnc(-c2ccccc2)o1. The number of benzene rings is 2. The van der Waals surface area contributed by atoms with Crippen molar-refractivity contribution in [1.82, 2.24) is 10.3 Å². The maximum Gasteiger partial charge on any atom is 0.288 e. The Kier molecular flexibility index (Phi) is 4.47. The summed E-state index contributed by atoms with van der Waals surface area (Å²) in [7, 11) is 0. The van der Waals surface area contributed by atoms with Gasteiger partial charge in [0.15, 0.2) is 0 Å². The Bertz CT molecular complexity index is 782. The maximum absolute atomic E-state index is 12.8. The zero-order valence-corrected chi connectivity index (χ0v) is 12.3. The monoisotopic (exact) mass is 310 g/mol. The van der Waals surface area contributed by atoms with Crippen LogP contribution in [-0.4, -0.2) is 17.4 Å². The maximum atomic E-state index is 12.8. The number of oxazole rings is 1. The van der Waals surface area contributed by atoms with Crippen LogP contribution < -0.4 is 5.32 Å². The largest absolute Gasteiger partial charge is 0.431 e. The number of carbonyl (C=O) groups is 1. The molecule has 0 radical (unpaired) electrons. The molecule has 2 aromatic carbocycles. The molecule has 0 bridgehead atoms. The van der Waals surface area contributed by atoms with Gasteiger partial charge in [-0.3, -0.25) is 4.79 Å². The first-order chi connectivity index (χ1) is 11.2. The van der Waals surface area contributed by atoms with Gasteiger partial charge in [-0.1, -0.05) is 30.3 Å². The number of amides is 1. The van der Waals surface area contributed by atoms with Gasteiger partial charge in [-0.25, -0.2) is 9.37 Å². The van der Waals surface area contributed by atoms with Gasteiger partial charge in [-0.15, -0.1) is 0 Å². The number of aromatic nitrogens is 1. The topological polar surface area (TPSA) is 55.1 Å². The number of halogens is 1. The second-order valence-electron chi connectivity index (χ2n) is 5.03. The Labute approximate surface area is 133 Å². The molecule has 4 nitrogen and oxygen atoms in total. The molecule has 1 aromatic heterocycles. The van der Waals surface area contributed by atoms with Crippen LogP contribution in [0.5, 0.6) is 0 Å². The molecule has 0 aliphatic heterocycles. The first-order valence-corrected chi connectivity index (χ1v) is 7.26. The molecule has 0 saturated carbocycles. The van der Waals surface area contributed by atoms with Crippen LogP contribution in [0.3, 0.4) is 0 Å². The third kappa shape index (κ3) is 3.83. The van der Waals surface area contributed by atoms with E-state index in [0.717, 1.165) is 11.1 Å². The van der Waals surface area contributed by atoms with Crippen LogP contribution in [-0.2, 0) is 6.42 Å². The lowest BCUT2D eigenvalue weighted by Gasteiger charge is -2.03. The quantitative estimate of drug-likeness (QED) is 0.785. The molecule has 0 aliphatic rings. The van der Waals surface area contributed by atoms with Gasteiger partial charge in [0.1, 0.15) is 5.82 Å². The molecule has 1 amide bonds. The fraction of sp³-hybridized carbons (Fsp3) is 0.111. The molecular weight excluding hydrogens is 295 g/mol. The van der Waals surface area contributed by atoms with Gasteiger partial charge in [0.05, 0.1) is 6.20 Å². The summed E-state index contributed by atoms with van der Waals surface area (Å²) in [5.41, 5.74) is 1.77. The van der Waals surface area contributed by atoms with Gasteiger partial charge in [0, 0.05) is 12.1 Å². The van der Waals surface area contributed by atoms with Gasteiger partial charge in [0.2, 0.25) is 11.7 Å². The van der Waals surface area contributed by atoms with Crippen LogP contribution in [0.1, 0.15) is 16.1 Å². The molecule has 3 aromatic rings. The van der Waals surface area contributed by atoms with Crippen LogP contribution in [0.4, 0.5) is 4.39 Å². The molecule has 0 fully saturated rings. The summed E-state index contributed by atoms with van der Waals surface area (Å²) in [6.45, 7) is 0.436. The molecule has 0 unspecified atom stereocenters. The Balaban J connectivity index is 1.56. The van der Waals surface area contributed by atoms with E-state index in [9.17, 15) is 9.18 Å². The average molecular weight is 310 g/mol. The van der Waals surface area contributed by atoms with E-state index in [1.807, 2.05) is 30.3 Å². The van der Waals surface area contributed by atoms with Crippen LogP contribution in [0.25, 0.3) is 11.5 Å². The molecule has 1 N–H and O–H groups in total. The molecule has 116 valence electrons. The third-order valence-electron chi connectivity index (χ3n) is 3.36. The van der Waals surface area contributed by atoms with Gasteiger partial charge >= 0.3 is 0 Å². The highest BCUT2D eigenvalue weighted by Crippen LogP contribution is 2.18. The average Bonchev–Trinajstić information content (AvgIpc) is 3.07. The highest BCUT2D eigenvalue weighted by molar-refractivity contribution is 5.91. The number of carbonyl (C=O) groups excluding carboxylic acids is 1. The molecule has 0 saturated heterocycles. The summed E-state index contributed by atoms with van der Waals surface area (Å²) in [5, 5.41) is 2.76. The van der Waals surface area contributed by atoms with Crippen molar-refractivity contribution in [2.45, 2.75) is 6.42 Å². The molecular formula is C18H15FN2O2. The second kappa shape index (κ2) is 6.87. The number of nitrogens with zero attached hydrogens (tertiary/aromatic N) is 1. The van der Waals surface area contributed by atoms with Crippen LogP contribution >= 0.6 is 0 Å². The molecule has 23 heavy (non-hydrogen) atoms. The van der Waals surface area contributed by atoms with E-state index in [-0.39, 0.29) is 17.5 Å². The van der Waals surface area contributed by atoms with E-state index in [4.69, 9.17) is 4.42 Å². The predicted molar refractivity (Wildman–Crippen MR) is 84.4 cm³/mol. The van der Waals surface area contributed by atoms with E-state index in [2.05, 4.69) is 10.3 Å². The van der Waals surface area contributed by atoms with Crippen molar-refractivity contribution in [3.05, 3.63) is 77.9 Å². The molecule has 5 heteroatoms. The minimum absolute atomic E-state index is 0.169. The predicted octanol–water partition coefficient (Wildman–Crippen LogP) is 3.45. The lowest BCUT2D eigenvalue weighted by atomic mass is 10.1. The van der Waals surface area contributed by atoms with Crippen molar-refractivity contribution in [3.8, 4) is 11.5 Å². The smallest absolute Gasteiger partial charge is 0.288 e. The zero-order valence-electron chi connectivity index (χ0n) is 12.3. The van der Waals surface area contributed by atoms with Crippen LogP contribution in [0.15, 0.2) is 65.2 Å². The van der Waals surface area contributed by atoms with Gasteiger partial charge < -0.3 is 9.73 Å². The van der Waals surface area contributed by atoms with Crippen molar-refractivity contribution >= 4 is 5.91 Å². The normalized spacial score (nSPS) is 10.5. The van der Waals surface area contributed by atoms with Crippen LogP contribution in [0, 0.1) is 5.82 Å². The number of hydrogen-bond acceptors (Lipinski definition) is 3. The first kappa shape index (κ1) is 15.0. The number of hydrogen-bond donors (Lipinski definition) is 1. The Morgan fingerprint density at radius 1 is 1.09 bits per heavy atom. The van der Waals surface area contributed by atoms with Crippen molar-refractivity contribution in [1.29, 1.82) is 0 Å². The van der Waals surface area contributed by atoms with E-state index < -0.39 is 0 Å². The number of rotatable bonds is 5. The fourth-order valence-electron chi connectivity index (χ4n) is 2.15. The minimum atomic E-state index is -0.318. The van der Waals surface area contributed by atoms with Gasteiger partial charge in [-0.05, 0) is 36.2 Å². The van der Waals surface area contributed by atoms with E-state index >= 15 is 0 Å². The third-order valence-corrected chi connectivity index (χ3v) is 3.36. The molecule has 0 spiro atoms. The summed E-state index contributed by atoms with van der Waals surface area (Å²) in [6.07, 6.45) is 2.03. The minimum Gasteiger partial charge on any atom is -0.431 e. The van der Waals surface area contributed by atoms with Crippen molar-refractivity contribution in [2.24, 2.45) is 0 Å². The molecule has 0 atom stereocenters. The van der Waals surface area contributed by atoms with E-state index in [1.165, 1.54) is 18.3 Å². The van der Waals surface area contributed by atoms with Gasteiger partial charge in [-0.2, -0.15) is 0 Å². The van der Waals surface area contributed by atoms with Crippen LogP contribution in [0.2, 0.25) is 0 Å². The Morgan fingerprint density at radius 3 is 2.57 bits per heavy atom. The highest BCUT2D eigenvalue weighted by Gasteiger charge is 2.12. The van der Waals surface area contributed by atoms with Gasteiger partial charge in [0.25, 0.3) is 5.91 Å². The Hall–Kier alpha value is -2.95. The second-order valence-corrected chi connectivity index (χ2v) is 5.03. The van der Waals surface area contributed by atoms with Crippen molar-refractivity contribution < 1.29 is 13.6 Å². The Morgan fingerprint density at radius 2 is 1.83 bits per heavy atom. The highest BCUT2D eigenvalue weighted by atomic mass is 19.1. The molecule has 1 heterocycles. The summed E-state index contributed by atoms with van der Waals surface area (Å²) in [4.78, 5) is 16.1. The van der Waals surface area contributed by atoms with Crippen molar-refractivity contribution in [2.75, 3.05) is 6.54 Å². The lowest BCUT2D eigenvalue weighted by molar-refractivity contribution is 0.0927. The fourth-order valence-corrected chi connectivity index (χ4v) is 2.15. The molecule has 3 rings (SSSR count). The number of nitrogens with one attached hydrogen (secondary N) is 1. The standard InChI is InChI=1S/C18H15FN2O2/c19-15-8-6-13(7-9-15)10-11-20-17(22)16-12-21-18(23-16)14-4-2-1-3-5-14/h1-9,12H,10-11H2,(H,20,22). The van der Waals surface area contributed by atoms with E-state index in [1.54, 1.807) is 12.1 Å². The summed E-state index contributed by atoms with van der Waals surface area (Å²) < 4.78 is 18.3. The molecule has 0 aliphatic carbocycles. The summed E-state index contributed by atoms with van der Waals surface area (Å²) in [5.74, 6) is -0.00748. The van der Waals surface area contributed by atoms with Crippen molar-refractivity contribution in [3.63, 3.8) is 0 Å². The van der Waals surface area contributed by atoms with E-state index in [0.29, 0.717) is 18.9 Å². The summed E-state index contributed by atoms with van der Waals surface area (Å²) in [6, 6.07) is 15.6. The summed E-state index contributed by atoms with van der Waals surface area (Å²) >= 11 is 0. The zero-order chi connectivity index (χ0) is 16.1.